The van der Waals surface area contributed by atoms with E-state index in [0.29, 0.717) is 6.42 Å². The number of aromatic nitrogens is 2. The summed E-state index contributed by atoms with van der Waals surface area (Å²) in [5.74, 6) is 0.796. The van der Waals surface area contributed by atoms with Crippen molar-refractivity contribution in [1.29, 1.82) is 0 Å². The molecule has 1 rings (SSSR count). The minimum absolute atomic E-state index is 0.178. The van der Waals surface area contributed by atoms with Gasteiger partial charge in [-0.25, -0.2) is 0 Å². The molecule has 0 saturated carbocycles. The van der Waals surface area contributed by atoms with Crippen LogP contribution < -0.4 is 4.74 Å². The van der Waals surface area contributed by atoms with E-state index in [1.807, 2.05) is 25.7 Å². The number of hydrogen-bond acceptors (Lipinski definition) is 4. The maximum Gasteiger partial charge on any atom is 0.160 e. The predicted octanol–water partition coefficient (Wildman–Crippen LogP) is 1.50. The van der Waals surface area contributed by atoms with Gasteiger partial charge in [-0.15, -0.1) is 0 Å². The Hall–Kier alpha value is -1.07. The molecule has 110 valence electrons. The topological polar surface area (TPSA) is 50.5 Å². The van der Waals surface area contributed by atoms with E-state index in [-0.39, 0.29) is 11.5 Å². The van der Waals surface area contributed by atoms with E-state index >= 15 is 0 Å². The van der Waals surface area contributed by atoms with E-state index < -0.39 is 0 Å². The lowest BCUT2D eigenvalue weighted by molar-refractivity contribution is 0.152. The van der Waals surface area contributed by atoms with Crippen LogP contribution >= 0.6 is 0 Å². The summed E-state index contributed by atoms with van der Waals surface area (Å²) in [6, 6.07) is 0. The van der Waals surface area contributed by atoms with Crippen molar-refractivity contribution in [2.24, 2.45) is 0 Å². The smallest absolute Gasteiger partial charge is 0.160 e. The number of methoxy groups -OCH3 is 1. The van der Waals surface area contributed by atoms with Crippen LogP contribution in [0.1, 0.15) is 32.9 Å². The molecule has 0 fully saturated rings. The number of rotatable bonds is 7. The normalized spacial score (nSPS) is 13.9. The molecule has 1 aromatic heterocycles. The molecule has 0 saturated heterocycles. The first-order chi connectivity index (χ1) is 8.77. The summed E-state index contributed by atoms with van der Waals surface area (Å²) in [4.78, 5) is 2.12. The lowest BCUT2D eigenvalue weighted by Gasteiger charge is -2.28. The fourth-order valence-electron chi connectivity index (χ4n) is 2.50. The van der Waals surface area contributed by atoms with Crippen molar-refractivity contribution < 1.29 is 9.84 Å². The van der Waals surface area contributed by atoms with Gasteiger partial charge in [-0.05, 0) is 27.4 Å². The van der Waals surface area contributed by atoms with Crippen LogP contribution in [0, 0.1) is 0 Å². The predicted molar refractivity (Wildman–Crippen MR) is 76.7 cm³/mol. The average molecular weight is 269 g/mol. The SMILES string of the molecule is COc1cnn(CCN(C)C)c1C(C)(C)CC(C)O. The zero-order valence-corrected chi connectivity index (χ0v) is 13.0. The van der Waals surface area contributed by atoms with Crippen LogP contribution in [0.25, 0.3) is 0 Å². The first kappa shape index (κ1) is 16.0. The zero-order chi connectivity index (χ0) is 14.6. The van der Waals surface area contributed by atoms with Crippen molar-refractivity contribution in [3.63, 3.8) is 0 Å². The second-order valence-corrected chi connectivity index (χ2v) is 6.02. The molecule has 1 aromatic rings. The maximum atomic E-state index is 9.68. The fraction of sp³-hybridized carbons (Fsp3) is 0.786. The summed E-state index contributed by atoms with van der Waals surface area (Å²) in [5, 5.41) is 14.1. The molecule has 0 radical (unpaired) electrons. The van der Waals surface area contributed by atoms with Gasteiger partial charge in [0.05, 0.1) is 31.6 Å². The van der Waals surface area contributed by atoms with Gasteiger partial charge in [0.15, 0.2) is 5.75 Å². The van der Waals surface area contributed by atoms with Crippen molar-refractivity contribution in [1.82, 2.24) is 14.7 Å². The van der Waals surface area contributed by atoms with Gasteiger partial charge in [0.25, 0.3) is 0 Å². The lowest BCUT2D eigenvalue weighted by Crippen LogP contribution is -2.29. The lowest BCUT2D eigenvalue weighted by atomic mass is 9.83. The quantitative estimate of drug-likeness (QED) is 0.815. The molecule has 0 aliphatic heterocycles. The van der Waals surface area contributed by atoms with E-state index in [0.717, 1.165) is 24.5 Å². The van der Waals surface area contributed by atoms with Crippen LogP contribution in [-0.2, 0) is 12.0 Å². The molecule has 0 spiro atoms. The van der Waals surface area contributed by atoms with Gasteiger partial charge in [-0.2, -0.15) is 5.10 Å². The van der Waals surface area contributed by atoms with E-state index in [9.17, 15) is 5.11 Å². The highest BCUT2D eigenvalue weighted by atomic mass is 16.5. The van der Waals surface area contributed by atoms with Crippen molar-refractivity contribution in [2.45, 2.75) is 45.3 Å². The Morgan fingerprint density at radius 1 is 1.47 bits per heavy atom. The number of ether oxygens (including phenoxy) is 1. The van der Waals surface area contributed by atoms with Crippen LogP contribution in [0.15, 0.2) is 6.20 Å². The Balaban J connectivity index is 3.04. The molecular weight excluding hydrogens is 242 g/mol. The third-order valence-electron chi connectivity index (χ3n) is 3.23. The molecule has 1 atom stereocenters. The highest BCUT2D eigenvalue weighted by molar-refractivity contribution is 5.32. The first-order valence-corrected chi connectivity index (χ1v) is 6.71. The summed E-state index contributed by atoms with van der Waals surface area (Å²) < 4.78 is 7.41. The third kappa shape index (κ3) is 4.21. The van der Waals surface area contributed by atoms with Gasteiger partial charge in [-0.1, -0.05) is 13.8 Å². The second-order valence-electron chi connectivity index (χ2n) is 6.02. The Morgan fingerprint density at radius 2 is 2.11 bits per heavy atom. The number of aliphatic hydroxyl groups excluding tert-OH is 1. The highest BCUT2D eigenvalue weighted by Crippen LogP contribution is 2.35. The van der Waals surface area contributed by atoms with Crippen molar-refractivity contribution in [3.8, 4) is 5.75 Å². The number of aliphatic hydroxyl groups is 1. The summed E-state index contributed by atoms with van der Waals surface area (Å²) in [6.07, 6.45) is 2.09. The number of hydrogen-bond donors (Lipinski definition) is 1. The summed E-state index contributed by atoms with van der Waals surface area (Å²) in [6.45, 7) is 7.78. The largest absolute Gasteiger partial charge is 0.493 e. The third-order valence-corrected chi connectivity index (χ3v) is 3.23. The van der Waals surface area contributed by atoms with Crippen LogP contribution in [0.4, 0.5) is 0 Å². The minimum atomic E-state index is -0.350. The van der Waals surface area contributed by atoms with Crippen molar-refractivity contribution in [3.05, 3.63) is 11.9 Å². The van der Waals surface area contributed by atoms with E-state index in [4.69, 9.17) is 4.74 Å². The van der Waals surface area contributed by atoms with Crippen LogP contribution in [0.3, 0.4) is 0 Å². The molecule has 0 aromatic carbocycles. The second kappa shape index (κ2) is 6.39. The highest BCUT2D eigenvalue weighted by Gasteiger charge is 2.30. The molecule has 1 heterocycles. The van der Waals surface area contributed by atoms with E-state index in [2.05, 4.69) is 23.8 Å². The number of nitrogens with zero attached hydrogens (tertiary/aromatic N) is 3. The summed E-state index contributed by atoms with van der Waals surface area (Å²) in [7, 11) is 5.75. The number of likely N-dealkylation sites (N-methyl/N-ethyl adjacent to an activating group) is 1. The summed E-state index contributed by atoms with van der Waals surface area (Å²) >= 11 is 0. The van der Waals surface area contributed by atoms with Crippen molar-refractivity contribution >= 4 is 0 Å². The Kier molecular flexibility index (Phi) is 5.38. The molecular formula is C14H27N3O2. The molecule has 1 N–H and O–H groups in total. The van der Waals surface area contributed by atoms with Gasteiger partial charge < -0.3 is 14.7 Å². The Bertz CT molecular complexity index is 397. The molecule has 19 heavy (non-hydrogen) atoms. The van der Waals surface area contributed by atoms with Crippen LogP contribution in [0.5, 0.6) is 5.75 Å². The van der Waals surface area contributed by atoms with Crippen LogP contribution in [0.2, 0.25) is 0 Å². The van der Waals surface area contributed by atoms with Crippen molar-refractivity contribution in [2.75, 3.05) is 27.7 Å². The maximum absolute atomic E-state index is 9.68. The Labute approximate surface area is 116 Å². The van der Waals surface area contributed by atoms with Gasteiger partial charge >= 0.3 is 0 Å². The van der Waals surface area contributed by atoms with Gasteiger partial charge in [0.1, 0.15) is 0 Å². The van der Waals surface area contributed by atoms with E-state index in [1.54, 1.807) is 13.3 Å². The fourth-order valence-corrected chi connectivity index (χ4v) is 2.50. The standard InChI is InChI=1S/C14H27N3O2/c1-11(18)9-14(2,3)13-12(19-6)10-15-17(13)8-7-16(4)5/h10-11,18H,7-9H2,1-6H3. The van der Waals surface area contributed by atoms with Crippen LogP contribution in [-0.4, -0.2) is 53.6 Å². The molecule has 5 nitrogen and oxygen atoms in total. The van der Waals surface area contributed by atoms with Gasteiger partial charge in [0.2, 0.25) is 0 Å². The summed E-state index contributed by atoms with van der Waals surface area (Å²) in [5.41, 5.74) is 0.875. The molecule has 0 bridgehead atoms. The zero-order valence-electron chi connectivity index (χ0n) is 13.0. The van der Waals surface area contributed by atoms with Gasteiger partial charge in [0, 0.05) is 12.0 Å². The van der Waals surface area contributed by atoms with E-state index in [1.165, 1.54) is 0 Å². The molecule has 0 aliphatic carbocycles. The minimum Gasteiger partial charge on any atom is -0.493 e. The molecule has 0 aliphatic rings. The Morgan fingerprint density at radius 3 is 2.58 bits per heavy atom. The monoisotopic (exact) mass is 269 g/mol. The first-order valence-electron chi connectivity index (χ1n) is 6.71. The average Bonchev–Trinajstić information content (AvgIpc) is 2.68. The molecule has 1 unspecified atom stereocenters. The molecule has 0 amide bonds. The molecule has 5 heteroatoms. The van der Waals surface area contributed by atoms with Gasteiger partial charge in [-0.3, -0.25) is 4.68 Å².